The van der Waals surface area contributed by atoms with Gasteiger partial charge in [-0.25, -0.2) is 10.9 Å². The number of non-ortho nitro benzene ring substituents is 1. The Hall–Kier alpha value is -3.76. The van der Waals surface area contributed by atoms with Crippen LogP contribution in [0.2, 0.25) is 20.1 Å². The summed E-state index contributed by atoms with van der Waals surface area (Å²) >= 11 is 23.9. The van der Waals surface area contributed by atoms with E-state index in [-0.39, 0.29) is 11.3 Å². The molecule has 3 aromatic carbocycles. The lowest BCUT2D eigenvalue weighted by Gasteiger charge is -2.06. The van der Waals surface area contributed by atoms with Crippen LogP contribution in [-0.2, 0) is 9.59 Å². The number of carbonyl (C=O) groups excluding carboxylic acids is 2. The van der Waals surface area contributed by atoms with Gasteiger partial charge in [-0.05, 0) is 48.0 Å². The fourth-order valence-corrected chi connectivity index (χ4v) is 3.66. The number of hydrogen-bond donors (Lipinski definition) is 2. The second-order valence-corrected chi connectivity index (χ2v) is 8.82. The van der Waals surface area contributed by atoms with Crippen LogP contribution in [0.5, 0.6) is 0 Å². The van der Waals surface area contributed by atoms with Gasteiger partial charge in [0.25, 0.3) is 17.5 Å². The molecule has 37 heavy (non-hydrogen) atoms. The number of nitro groups is 1. The smallest absolute Gasteiger partial charge is 0.267 e. The van der Waals surface area contributed by atoms with Crippen LogP contribution >= 0.6 is 46.4 Å². The first-order valence-corrected chi connectivity index (χ1v) is 11.7. The highest BCUT2D eigenvalue weighted by atomic mass is 35.5. The van der Waals surface area contributed by atoms with E-state index in [9.17, 15) is 19.7 Å². The van der Waals surface area contributed by atoms with E-state index in [2.05, 4.69) is 21.1 Å². The largest absolute Gasteiger partial charge is 0.277 e. The highest BCUT2D eigenvalue weighted by Crippen LogP contribution is 2.20. The van der Waals surface area contributed by atoms with Crippen LogP contribution in [0.25, 0.3) is 6.08 Å². The van der Waals surface area contributed by atoms with Gasteiger partial charge < -0.3 is 0 Å². The molecule has 0 radical (unpaired) electrons. The Kier molecular flexibility index (Phi) is 9.76. The maximum atomic E-state index is 12.8. The second-order valence-electron chi connectivity index (χ2n) is 7.14. The molecule has 3 rings (SSSR count). The first kappa shape index (κ1) is 27.8. The average Bonchev–Trinajstić information content (AvgIpc) is 2.85. The predicted molar refractivity (Wildman–Crippen MR) is 145 cm³/mol. The van der Waals surface area contributed by atoms with Crippen LogP contribution in [0.1, 0.15) is 16.7 Å². The van der Waals surface area contributed by atoms with Gasteiger partial charge in [0.2, 0.25) is 0 Å². The summed E-state index contributed by atoms with van der Waals surface area (Å²) in [6, 6.07) is 14.6. The van der Waals surface area contributed by atoms with Crippen molar-refractivity contribution in [2.24, 2.45) is 10.2 Å². The second kappa shape index (κ2) is 13.0. The first-order chi connectivity index (χ1) is 17.6. The van der Waals surface area contributed by atoms with Crippen molar-refractivity contribution in [1.29, 1.82) is 0 Å². The molecule has 0 aromatic heterocycles. The average molecular weight is 579 g/mol. The molecule has 0 saturated heterocycles. The Morgan fingerprint density at radius 2 is 1.22 bits per heavy atom. The van der Waals surface area contributed by atoms with E-state index < -0.39 is 16.7 Å². The van der Waals surface area contributed by atoms with Crippen LogP contribution in [0.15, 0.2) is 76.4 Å². The van der Waals surface area contributed by atoms with Crippen LogP contribution in [0, 0.1) is 10.1 Å². The third-order valence-corrected chi connectivity index (χ3v) is 5.69. The van der Waals surface area contributed by atoms with Crippen molar-refractivity contribution in [1.82, 2.24) is 10.9 Å². The SMILES string of the molecule is O=C(N/N=C\c1ccc(Cl)cc1Cl)C(=Cc1ccc([N+](=O)[O-])cc1)C(=O)N/N=C\c1ccc(Cl)cc1Cl. The van der Waals surface area contributed by atoms with Crippen LogP contribution in [0.4, 0.5) is 5.69 Å². The molecule has 0 atom stereocenters. The van der Waals surface area contributed by atoms with Crippen molar-refractivity contribution >= 4 is 82.4 Å². The molecule has 0 unspecified atom stereocenters. The molecule has 2 N–H and O–H groups in total. The molecule has 188 valence electrons. The van der Waals surface area contributed by atoms with E-state index in [1.54, 1.807) is 24.3 Å². The van der Waals surface area contributed by atoms with E-state index in [1.165, 1.54) is 54.9 Å². The maximum absolute atomic E-state index is 12.8. The Morgan fingerprint density at radius 3 is 1.62 bits per heavy atom. The molecule has 0 heterocycles. The Morgan fingerprint density at radius 1 is 0.757 bits per heavy atom. The summed E-state index contributed by atoms with van der Waals surface area (Å²) in [7, 11) is 0. The molecular weight excluding hydrogens is 564 g/mol. The third-order valence-electron chi connectivity index (χ3n) is 4.57. The zero-order chi connectivity index (χ0) is 26.9. The molecule has 0 spiro atoms. The molecule has 0 aliphatic heterocycles. The van der Waals surface area contributed by atoms with Gasteiger partial charge in [-0.15, -0.1) is 0 Å². The number of benzene rings is 3. The van der Waals surface area contributed by atoms with E-state index in [0.29, 0.717) is 36.8 Å². The van der Waals surface area contributed by atoms with E-state index in [0.717, 1.165) is 0 Å². The molecule has 0 aliphatic carbocycles. The molecule has 9 nitrogen and oxygen atoms in total. The minimum absolute atomic E-state index is 0.151. The summed E-state index contributed by atoms with van der Waals surface area (Å²) in [5.41, 5.74) is 5.24. The lowest BCUT2D eigenvalue weighted by atomic mass is 10.1. The van der Waals surface area contributed by atoms with Crippen molar-refractivity contribution in [3.63, 3.8) is 0 Å². The van der Waals surface area contributed by atoms with Crippen LogP contribution in [0.3, 0.4) is 0 Å². The number of nitrogens with zero attached hydrogens (tertiary/aromatic N) is 3. The summed E-state index contributed by atoms with van der Waals surface area (Å²) in [4.78, 5) is 36.0. The van der Waals surface area contributed by atoms with Gasteiger partial charge in [-0.2, -0.15) is 10.2 Å². The van der Waals surface area contributed by atoms with Crippen molar-refractivity contribution in [3.8, 4) is 0 Å². The molecule has 0 saturated carbocycles. The highest BCUT2D eigenvalue weighted by molar-refractivity contribution is 6.36. The lowest BCUT2D eigenvalue weighted by molar-refractivity contribution is -0.384. The maximum Gasteiger partial charge on any atom is 0.277 e. The summed E-state index contributed by atoms with van der Waals surface area (Å²) in [5.74, 6) is -1.76. The van der Waals surface area contributed by atoms with Crippen molar-refractivity contribution < 1.29 is 14.5 Å². The van der Waals surface area contributed by atoms with Gasteiger partial charge in [-0.3, -0.25) is 19.7 Å². The Bertz CT molecular complexity index is 1360. The third kappa shape index (κ3) is 8.12. The standard InChI is InChI=1S/C24H15Cl4N5O4/c25-17-5-3-15(21(27)10-17)12-29-31-23(34)20(9-14-1-7-19(8-2-14)33(36)37)24(35)32-30-13-16-4-6-18(26)11-22(16)28/h1-13H,(H,31,34)(H,32,35)/b29-12-,30-13-. The number of hydrogen-bond acceptors (Lipinski definition) is 6. The van der Waals surface area contributed by atoms with Crippen molar-refractivity contribution in [3.05, 3.63) is 113 Å². The van der Waals surface area contributed by atoms with Crippen molar-refractivity contribution in [2.75, 3.05) is 0 Å². The van der Waals surface area contributed by atoms with Gasteiger partial charge in [-0.1, -0.05) is 58.5 Å². The van der Waals surface area contributed by atoms with Gasteiger partial charge in [0.1, 0.15) is 5.57 Å². The van der Waals surface area contributed by atoms with Gasteiger partial charge >= 0.3 is 0 Å². The fourth-order valence-electron chi connectivity index (χ4n) is 2.75. The number of hydrazone groups is 2. The summed E-state index contributed by atoms with van der Waals surface area (Å²) in [6.07, 6.45) is 3.78. The van der Waals surface area contributed by atoms with Gasteiger partial charge in [0.15, 0.2) is 0 Å². The molecule has 0 aliphatic rings. The number of halogens is 4. The molecule has 3 aromatic rings. The molecule has 0 bridgehead atoms. The van der Waals surface area contributed by atoms with Gasteiger partial charge in [0.05, 0.1) is 27.4 Å². The number of nitro benzene ring substituents is 1. The lowest BCUT2D eigenvalue weighted by Crippen LogP contribution is -2.30. The summed E-state index contributed by atoms with van der Waals surface area (Å²) in [5, 5.41) is 20.0. The number of rotatable bonds is 8. The van der Waals surface area contributed by atoms with Crippen LogP contribution < -0.4 is 10.9 Å². The summed E-state index contributed by atoms with van der Waals surface area (Å²) in [6.45, 7) is 0. The minimum atomic E-state index is -0.878. The van der Waals surface area contributed by atoms with E-state index in [4.69, 9.17) is 46.4 Å². The van der Waals surface area contributed by atoms with E-state index >= 15 is 0 Å². The number of nitrogens with one attached hydrogen (secondary N) is 2. The van der Waals surface area contributed by atoms with Crippen molar-refractivity contribution in [2.45, 2.75) is 0 Å². The molecule has 13 heteroatoms. The summed E-state index contributed by atoms with van der Waals surface area (Å²) < 4.78 is 0. The number of amides is 2. The molecule has 0 fully saturated rings. The van der Waals surface area contributed by atoms with E-state index in [1.807, 2.05) is 0 Å². The first-order valence-electron chi connectivity index (χ1n) is 10.2. The normalized spacial score (nSPS) is 10.9. The zero-order valence-electron chi connectivity index (χ0n) is 18.5. The quantitative estimate of drug-likeness (QED) is 0.0862. The Labute approximate surface area is 230 Å². The Balaban J connectivity index is 1.82. The predicted octanol–water partition coefficient (Wildman–Crippen LogP) is 5.89. The molecular formula is C24H15Cl4N5O4. The van der Waals surface area contributed by atoms with Crippen LogP contribution in [-0.4, -0.2) is 29.2 Å². The highest BCUT2D eigenvalue weighted by Gasteiger charge is 2.18. The zero-order valence-corrected chi connectivity index (χ0v) is 21.5. The topological polar surface area (TPSA) is 126 Å². The fraction of sp³-hybridized carbons (Fsp3) is 0. The number of carbonyl (C=O) groups is 2. The molecule has 2 amide bonds. The monoisotopic (exact) mass is 577 g/mol. The minimum Gasteiger partial charge on any atom is -0.267 e. The van der Waals surface area contributed by atoms with Gasteiger partial charge in [0, 0.05) is 33.3 Å².